The number of amides is 1. The Bertz CT molecular complexity index is 804. The van der Waals surface area contributed by atoms with Crippen molar-refractivity contribution in [1.29, 1.82) is 0 Å². The number of ether oxygens (including phenoxy) is 2. The molecule has 3 rings (SSSR count). The van der Waals surface area contributed by atoms with E-state index in [-0.39, 0.29) is 23.3 Å². The minimum atomic E-state index is -0.179. The van der Waals surface area contributed by atoms with Crippen molar-refractivity contribution in [2.24, 2.45) is 10.9 Å². The third-order valence-corrected chi connectivity index (χ3v) is 6.45. The van der Waals surface area contributed by atoms with Crippen LogP contribution >= 0.6 is 0 Å². The average Bonchev–Trinajstić information content (AvgIpc) is 3.61. The maximum atomic E-state index is 12.5. The van der Waals surface area contributed by atoms with Gasteiger partial charge in [-0.3, -0.25) is 9.79 Å². The van der Waals surface area contributed by atoms with Crippen LogP contribution in [0.5, 0.6) is 11.5 Å². The third-order valence-electron chi connectivity index (χ3n) is 6.45. The van der Waals surface area contributed by atoms with Crippen LogP contribution in [-0.2, 0) is 10.2 Å². The lowest BCUT2D eigenvalue weighted by molar-refractivity contribution is -0.126. The molecule has 7 nitrogen and oxygen atoms in total. The quantitative estimate of drug-likeness (QED) is 0.402. The molecule has 0 saturated heterocycles. The fraction of sp³-hybridized carbons (Fsp3) is 0.680. The normalized spacial score (nSPS) is 21.6. The Labute approximate surface area is 192 Å². The van der Waals surface area contributed by atoms with Crippen molar-refractivity contribution in [1.82, 2.24) is 16.0 Å². The van der Waals surface area contributed by atoms with E-state index in [9.17, 15) is 4.79 Å². The Balaban J connectivity index is 1.63. The molecule has 32 heavy (non-hydrogen) atoms. The minimum Gasteiger partial charge on any atom is -0.493 e. The fourth-order valence-electron chi connectivity index (χ4n) is 4.24. The zero-order chi connectivity index (χ0) is 23.1. The molecule has 0 radical (unpaired) electrons. The predicted molar refractivity (Wildman–Crippen MR) is 129 cm³/mol. The second-order valence-corrected chi connectivity index (χ2v) is 9.64. The summed E-state index contributed by atoms with van der Waals surface area (Å²) < 4.78 is 10.8. The van der Waals surface area contributed by atoms with Gasteiger partial charge in [0.25, 0.3) is 0 Å². The molecular weight excluding hydrogens is 404 g/mol. The van der Waals surface area contributed by atoms with Crippen LogP contribution in [-0.4, -0.2) is 51.3 Å². The Hall–Kier alpha value is -2.44. The molecule has 0 bridgehead atoms. The Morgan fingerprint density at radius 1 is 1.06 bits per heavy atom. The predicted octanol–water partition coefficient (Wildman–Crippen LogP) is 3.37. The van der Waals surface area contributed by atoms with E-state index in [0.29, 0.717) is 12.6 Å². The van der Waals surface area contributed by atoms with Gasteiger partial charge in [-0.1, -0.05) is 26.3 Å². The van der Waals surface area contributed by atoms with Gasteiger partial charge >= 0.3 is 0 Å². The topological polar surface area (TPSA) is 84.0 Å². The van der Waals surface area contributed by atoms with Crippen molar-refractivity contribution in [2.45, 2.75) is 76.8 Å². The number of hydrogen-bond acceptors (Lipinski definition) is 4. The van der Waals surface area contributed by atoms with Crippen molar-refractivity contribution in [3.63, 3.8) is 0 Å². The molecule has 2 saturated carbocycles. The van der Waals surface area contributed by atoms with E-state index in [2.05, 4.69) is 42.8 Å². The highest BCUT2D eigenvalue weighted by atomic mass is 16.5. The number of aliphatic imine (C=N–C) groups is 1. The van der Waals surface area contributed by atoms with Gasteiger partial charge in [-0.15, -0.1) is 0 Å². The highest BCUT2D eigenvalue weighted by Gasteiger charge is 2.31. The van der Waals surface area contributed by atoms with Gasteiger partial charge < -0.3 is 25.4 Å². The lowest BCUT2D eigenvalue weighted by atomic mass is 9.84. The number of carbonyl (C=O) groups excluding carboxylic acids is 1. The number of nitrogens with zero attached hydrogens (tertiary/aromatic N) is 1. The lowest BCUT2D eigenvalue weighted by Gasteiger charge is -2.31. The average molecular weight is 445 g/mol. The monoisotopic (exact) mass is 444 g/mol. The molecule has 0 heterocycles. The first-order valence-electron chi connectivity index (χ1n) is 11.9. The SMILES string of the molecule is CCNC(=NCC(C)(C)c1ccc(OC)c(OC)c1)NC1CCCC(C(=O)NC2CC2)C1. The second-order valence-electron chi connectivity index (χ2n) is 9.64. The second kappa shape index (κ2) is 10.9. The Kier molecular flexibility index (Phi) is 8.26. The molecule has 1 aromatic carbocycles. The molecular formula is C25H40N4O3. The number of nitrogens with one attached hydrogen (secondary N) is 3. The van der Waals surface area contributed by atoms with Gasteiger partial charge in [0.05, 0.1) is 20.8 Å². The molecule has 2 fully saturated rings. The minimum absolute atomic E-state index is 0.105. The summed E-state index contributed by atoms with van der Waals surface area (Å²) in [5.74, 6) is 2.60. The summed E-state index contributed by atoms with van der Waals surface area (Å²) in [6.45, 7) is 7.85. The number of hydrogen-bond donors (Lipinski definition) is 3. The van der Waals surface area contributed by atoms with E-state index in [1.165, 1.54) is 0 Å². The zero-order valence-corrected chi connectivity index (χ0v) is 20.3. The maximum Gasteiger partial charge on any atom is 0.223 e. The van der Waals surface area contributed by atoms with E-state index in [1.807, 2.05) is 12.1 Å². The summed E-state index contributed by atoms with van der Waals surface area (Å²) in [6, 6.07) is 6.73. The highest BCUT2D eigenvalue weighted by molar-refractivity contribution is 5.81. The van der Waals surface area contributed by atoms with Crippen LogP contribution in [0.4, 0.5) is 0 Å². The van der Waals surface area contributed by atoms with Crippen molar-refractivity contribution in [3.05, 3.63) is 23.8 Å². The smallest absolute Gasteiger partial charge is 0.223 e. The van der Waals surface area contributed by atoms with Crippen LogP contribution in [0.15, 0.2) is 23.2 Å². The Morgan fingerprint density at radius 2 is 1.81 bits per heavy atom. The molecule has 1 amide bonds. The standard InChI is InChI=1S/C25H40N4O3/c1-6-26-24(29-20-9-7-8-17(14-20)23(30)28-19-11-12-19)27-16-25(2,3)18-10-13-21(31-4)22(15-18)32-5/h10,13,15,17,19-20H,6-9,11-12,14,16H2,1-5H3,(H,28,30)(H2,26,27,29). The van der Waals surface area contributed by atoms with Gasteiger partial charge in [0.2, 0.25) is 5.91 Å². The lowest BCUT2D eigenvalue weighted by Crippen LogP contribution is -2.47. The number of rotatable bonds is 9. The van der Waals surface area contributed by atoms with E-state index < -0.39 is 0 Å². The molecule has 2 atom stereocenters. The van der Waals surface area contributed by atoms with Crippen molar-refractivity contribution >= 4 is 11.9 Å². The number of methoxy groups -OCH3 is 2. The number of benzene rings is 1. The van der Waals surface area contributed by atoms with Crippen LogP contribution in [0, 0.1) is 5.92 Å². The van der Waals surface area contributed by atoms with Gasteiger partial charge in [-0.25, -0.2) is 0 Å². The summed E-state index contributed by atoms with van der Waals surface area (Å²) in [5.41, 5.74) is 0.963. The summed E-state index contributed by atoms with van der Waals surface area (Å²) >= 11 is 0. The van der Waals surface area contributed by atoms with Crippen molar-refractivity contribution < 1.29 is 14.3 Å². The van der Waals surface area contributed by atoms with E-state index in [4.69, 9.17) is 14.5 Å². The van der Waals surface area contributed by atoms with E-state index in [1.54, 1.807) is 14.2 Å². The van der Waals surface area contributed by atoms with Gasteiger partial charge in [0, 0.05) is 30.0 Å². The third kappa shape index (κ3) is 6.53. The van der Waals surface area contributed by atoms with Crippen LogP contribution in [0.2, 0.25) is 0 Å². The molecule has 178 valence electrons. The molecule has 2 aliphatic rings. The summed E-state index contributed by atoms with van der Waals surface area (Å²) in [7, 11) is 3.30. The van der Waals surface area contributed by atoms with Gasteiger partial charge in [-0.05, 0) is 56.7 Å². The Morgan fingerprint density at radius 3 is 2.47 bits per heavy atom. The van der Waals surface area contributed by atoms with Crippen molar-refractivity contribution in [3.8, 4) is 11.5 Å². The van der Waals surface area contributed by atoms with Gasteiger partial charge in [0.1, 0.15) is 0 Å². The maximum absolute atomic E-state index is 12.5. The summed E-state index contributed by atoms with van der Waals surface area (Å²) in [6.07, 6.45) is 6.24. The van der Waals surface area contributed by atoms with E-state index >= 15 is 0 Å². The molecule has 0 spiro atoms. The molecule has 0 aliphatic heterocycles. The van der Waals surface area contributed by atoms with Crippen molar-refractivity contribution in [2.75, 3.05) is 27.3 Å². The van der Waals surface area contributed by atoms with Crippen LogP contribution in [0.3, 0.4) is 0 Å². The molecule has 2 aliphatic carbocycles. The first-order chi connectivity index (χ1) is 15.4. The molecule has 1 aromatic rings. The number of carbonyl (C=O) groups is 1. The zero-order valence-electron chi connectivity index (χ0n) is 20.3. The fourth-order valence-corrected chi connectivity index (χ4v) is 4.24. The molecule has 3 N–H and O–H groups in total. The van der Waals surface area contributed by atoms with E-state index in [0.717, 1.165) is 68.1 Å². The first-order valence-corrected chi connectivity index (χ1v) is 11.9. The molecule has 0 aromatic heterocycles. The molecule has 2 unspecified atom stereocenters. The largest absolute Gasteiger partial charge is 0.493 e. The molecule has 7 heteroatoms. The van der Waals surface area contributed by atoms with Crippen LogP contribution < -0.4 is 25.4 Å². The number of guanidine groups is 1. The highest BCUT2D eigenvalue weighted by Crippen LogP contribution is 2.33. The first kappa shape index (κ1) is 24.2. The van der Waals surface area contributed by atoms with Gasteiger partial charge in [-0.2, -0.15) is 0 Å². The summed E-state index contributed by atoms with van der Waals surface area (Å²) in [5, 5.41) is 10.1. The van der Waals surface area contributed by atoms with Crippen LogP contribution in [0.25, 0.3) is 0 Å². The van der Waals surface area contributed by atoms with Gasteiger partial charge in [0.15, 0.2) is 17.5 Å². The summed E-state index contributed by atoms with van der Waals surface area (Å²) in [4.78, 5) is 17.4. The van der Waals surface area contributed by atoms with Crippen LogP contribution in [0.1, 0.15) is 64.9 Å².